The first-order valence-electron chi connectivity index (χ1n) is 8.53. The number of halogens is 1. The Morgan fingerprint density at radius 3 is 2.88 bits per heavy atom. The highest BCUT2D eigenvalue weighted by Gasteiger charge is 2.33. The number of amides is 2. The summed E-state index contributed by atoms with van der Waals surface area (Å²) < 4.78 is 14.0. The quantitative estimate of drug-likeness (QED) is 0.873. The highest BCUT2D eigenvalue weighted by atomic mass is 19.1. The second-order valence-electron chi connectivity index (χ2n) is 6.87. The zero-order valence-electron chi connectivity index (χ0n) is 13.8. The molecule has 130 valence electrons. The van der Waals surface area contributed by atoms with Gasteiger partial charge in [0.05, 0.1) is 12.0 Å². The van der Waals surface area contributed by atoms with Gasteiger partial charge >= 0.3 is 12.0 Å². The molecule has 1 aromatic carbocycles. The van der Waals surface area contributed by atoms with Crippen LogP contribution in [0.2, 0.25) is 0 Å². The molecule has 1 saturated heterocycles. The minimum Gasteiger partial charge on any atom is -0.481 e. The molecular formula is C18H23FN2O3. The third-order valence-corrected chi connectivity index (χ3v) is 5.25. The summed E-state index contributed by atoms with van der Waals surface area (Å²) in [4.78, 5) is 25.3. The Kier molecular flexibility index (Phi) is 4.73. The second-order valence-corrected chi connectivity index (χ2v) is 6.87. The zero-order chi connectivity index (χ0) is 17.3. The number of rotatable bonds is 2. The van der Waals surface area contributed by atoms with Crippen molar-refractivity contribution >= 4 is 12.0 Å². The Labute approximate surface area is 140 Å². The minimum atomic E-state index is -0.856. The van der Waals surface area contributed by atoms with Crippen molar-refractivity contribution in [3.8, 4) is 0 Å². The van der Waals surface area contributed by atoms with E-state index in [1.807, 2.05) is 6.07 Å². The summed E-state index contributed by atoms with van der Waals surface area (Å²) in [6.07, 6.45) is 2.79. The van der Waals surface area contributed by atoms with Crippen molar-refractivity contribution in [2.75, 3.05) is 13.1 Å². The van der Waals surface area contributed by atoms with Gasteiger partial charge in [0.2, 0.25) is 0 Å². The molecule has 3 rings (SSSR count). The Morgan fingerprint density at radius 2 is 2.12 bits per heavy atom. The van der Waals surface area contributed by atoms with Crippen LogP contribution < -0.4 is 5.32 Å². The number of carbonyl (C=O) groups excluding carboxylic acids is 1. The summed E-state index contributed by atoms with van der Waals surface area (Å²) in [5, 5.41) is 12.2. The number of piperidine rings is 1. The average molecular weight is 334 g/mol. The molecular weight excluding hydrogens is 311 g/mol. The maximum Gasteiger partial charge on any atom is 0.317 e. The fourth-order valence-electron chi connectivity index (χ4n) is 3.78. The van der Waals surface area contributed by atoms with Gasteiger partial charge < -0.3 is 15.3 Å². The normalized spacial score (nSPS) is 26.6. The van der Waals surface area contributed by atoms with Crippen LogP contribution in [0.5, 0.6) is 0 Å². The molecule has 0 bridgehead atoms. The van der Waals surface area contributed by atoms with Crippen LogP contribution in [0.1, 0.15) is 43.4 Å². The van der Waals surface area contributed by atoms with Crippen molar-refractivity contribution in [3.63, 3.8) is 0 Å². The number of fused-ring (bicyclic) bond motifs is 1. The number of benzene rings is 1. The fraction of sp³-hybridized carbons (Fsp3) is 0.556. The zero-order valence-corrected chi connectivity index (χ0v) is 13.8. The number of carboxylic acid groups (broad SMARTS) is 1. The molecule has 3 atom stereocenters. The second kappa shape index (κ2) is 6.79. The minimum absolute atomic E-state index is 0.211. The van der Waals surface area contributed by atoms with Gasteiger partial charge in [-0.15, -0.1) is 0 Å². The molecule has 1 heterocycles. The Balaban J connectivity index is 1.75. The van der Waals surface area contributed by atoms with Gasteiger partial charge in [-0.1, -0.05) is 19.1 Å². The molecule has 3 unspecified atom stereocenters. The number of carbonyl (C=O) groups is 2. The lowest BCUT2D eigenvalue weighted by atomic mass is 9.80. The first-order chi connectivity index (χ1) is 11.5. The van der Waals surface area contributed by atoms with E-state index in [0.717, 1.165) is 12.0 Å². The van der Waals surface area contributed by atoms with E-state index in [2.05, 4.69) is 12.2 Å². The number of hydrogen-bond acceptors (Lipinski definition) is 2. The average Bonchev–Trinajstić information content (AvgIpc) is 2.57. The molecule has 5 nitrogen and oxygen atoms in total. The van der Waals surface area contributed by atoms with Crippen LogP contribution in [-0.2, 0) is 11.2 Å². The maximum absolute atomic E-state index is 14.0. The van der Waals surface area contributed by atoms with Crippen LogP contribution in [0, 0.1) is 17.7 Å². The number of hydrogen-bond donors (Lipinski definition) is 2. The number of nitrogens with zero attached hydrogens (tertiary/aromatic N) is 1. The van der Waals surface area contributed by atoms with Gasteiger partial charge in [-0.2, -0.15) is 0 Å². The van der Waals surface area contributed by atoms with Crippen LogP contribution in [-0.4, -0.2) is 35.1 Å². The Hall–Kier alpha value is -2.11. The van der Waals surface area contributed by atoms with Gasteiger partial charge in [0.25, 0.3) is 0 Å². The van der Waals surface area contributed by atoms with Crippen molar-refractivity contribution < 1.29 is 19.1 Å². The van der Waals surface area contributed by atoms with Crippen LogP contribution in [0.4, 0.5) is 9.18 Å². The van der Waals surface area contributed by atoms with Gasteiger partial charge in [0.1, 0.15) is 5.82 Å². The molecule has 1 aromatic rings. The van der Waals surface area contributed by atoms with E-state index < -0.39 is 11.9 Å². The van der Waals surface area contributed by atoms with Gasteiger partial charge in [-0.3, -0.25) is 4.79 Å². The molecule has 1 fully saturated rings. The lowest BCUT2D eigenvalue weighted by molar-refractivity contribution is -0.143. The smallest absolute Gasteiger partial charge is 0.317 e. The fourth-order valence-corrected chi connectivity index (χ4v) is 3.78. The highest BCUT2D eigenvalue weighted by molar-refractivity contribution is 5.77. The van der Waals surface area contributed by atoms with E-state index in [9.17, 15) is 14.0 Å². The molecule has 0 spiro atoms. The number of nitrogens with one attached hydrogen (secondary N) is 1. The number of aliphatic carboxylic acids is 1. The third kappa shape index (κ3) is 3.23. The van der Waals surface area contributed by atoms with Crippen LogP contribution in [0.3, 0.4) is 0 Å². The molecule has 0 saturated carbocycles. The van der Waals surface area contributed by atoms with E-state index in [-0.39, 0.29) is 30.4 Å². The summed E-state index contributed by atoms with van der Waals surface area (Å²) >= 11 is 0. The third-order valence-electron chi connectivity index (χ3n) is 5.25. The first-order valence-corrected chi connectivity index (χ1v) is 8.53. The molecule has 2 amide bonds. The summed E-state index contributed by atoms with van der Waals surface area (Å²) in [6.45, 7) is 2.85. The topological polar surface area (TPSA) is 69.6 Å². The highest BCUT2D eigenvalue weighted by Crippen LogP contribution is 2.35. The van der Waals surface area contributed by atoms with Crippen molar-refractivity contribution in [2.24, 2.45) is 11.8 Å². The molecule has 1 aliphatic carbocycles. The van der Waals surface area contributed by atoms with Crippen LogP contribution in [0.25, 0.3) is 0 Å². The van der Waals surface area contributed by atoms with Crippen molar-refractivity contribution in [1.82, 2.24) is 10.2 Å². The predicted octanol–water partition coefficient (Wildman–Crippen LogP) is 2.96. The molecule has 6 heteroatoms. The monoisotopic (exact) mass is 334 g/mol. The molecule has 24 heavy (non-hydrogen) atoms. The van der Waals surface area contributed by atoms with Crippen LogP contribution >= 0.6 is 0 Å². The molecule has 0 aromatic heterocycles. The predicted molar refractivity (Wildman–Crippen MR) is 87.1 cm³/mol. The maximum atomic E-state index is 14.0. The first kappa shape index (κ1) is 16.7. The van der Waals surface area contributed by atoms with Crippen molar-refractivity contribution in [3.05, 3.63) is 35.1 Å². The Morgan fingerprint density at radius 1 is 1.33 bits per heavy atom. The van der Waals surface area contributed by atoms with Crippen LogP contribution in [0.15, 0.2) is 18.2 Å². The van der Waals surface area contributed by atoms with E-state index in [4.69, 9.17) is 5.11 Å². The standard InChI is InChI=1S/C18H23FN2O3/c1-11-7-8-13-14(5-2-6-15(13)19)16(11)20-18(24)21-9-3-4-12(10-21)17(22)23/h2,5-6,11-12,16H,3-4,7-10H2,1H3,(H,20,24)(H,22,23). The van der Waals surface area contributed by atoms with Gasteiger partial charge in [0, 0.05) is 13.1 Å². The molecule has 0 radical (unpaired) electrons. The van der Waals surface area contributed by atoms with E-state index in [1.54, 1.807) is 11.0 Å². The molecule has 2 aliphatic rings. The SMILES string of the molecule is CC1CCc2c(F)cccc2C1NC(=O)N1CCCC(C(=O)O)C1. The summed E-state index contributed by atoms with van der Waals surface area (Å²) in [5.74, 6) is -1.37. The van der Waals surface area contributed by atoms with E-state index >= 15 is 0 Å². The number of carboxylic acids is 1. The van der Waals surface area contributed by atoms with Gasteiger partial charge in [0.15, 0.2) is 0 Å². The van der Waals surface area contributed by atoms with Gasteiger partial charge in [-0.25, -0.2) is 9.18 Å². The summed E-state index contributed by atoms with van der Waals surface area (Å²) in [7, 11) is 0. The summed E-state index contributed by atoms with van der Waals surface area (Å²) in [5.41, 5.74) is 1.52. The van der Waals surface area contributed by atoms with Crippen molar-refractivity contribution in [1.29, 1.82) is 0 Å². The van der Waals surface area contributed by atoms with E-state index in [1.165, 1.54) is 6.07 Å². The Bertz CT molecular complexity index is 649. The summed E-state index contributed by atoms with van der Waals surface area (Å²) in [6, 6.07) is 4.51. The number of urea groups is 1. The van der Waals surface area contributed by atoms with Crippen molar-refractivity contribution in [2.45, 2.75) is 38.6 Å². The largest absolute Gasteiger partial charge is 0.481 e. The number of likely N-dealkylation sites (tertiary alicyclic amines) is 1. The molecule has 2 N–H and O–H groups in total. The lowest BCUT2D eigenvalue weighted by Crippen LogP contribution is -2.49. The van der Waals surface area contributed by atoms with E-state index in [0.29, 0.717) is 31.4 Å². The van der Waals surface area contributed by atoms with Gasteiger partial charge in [-0.05, 0) is 48.8 Å². The molecule has 1 aliphatic heterocycles. The lowest BCUT2D eigenvalue weighted by Gasteiger charge is -2.36.